The maximum absolute atomic E-state index is 12.6. The van der Waals surface area contributed by atoms with Crippen molar-refractivity contribution in [1.82, 2.24) is 10.2 Å². The fraction of sp³-hybridized carbons (Fsp3) is 0.125. The Morgan fingerprint density at radius 1 is 1.04 bits per heavy atom. The van der Waals surface area contributed by atoms with E-state index in [1.165, 1.54) is 29.5 Å². The van der Waals surface area contributed by atoms with Crippen LogP contribution in [-0.2, 0) is 12.6 Å². The van der Waals surface area contributed by atoms with Gasteiger partial charge in [0.15, 0.2) is 0 Å². The van der Waals surface area contributed by atoms with Gasteiger partial charge in [0, 0.05) is 23.6 Å². The number of alkyl halides is 3. The van der Waals surface area contributed by atoms with Gasteiger partial charge in [-0.25, -0.2) is 0 Å². The highest BCUT2D eigenvalue weighted by Gasteiger charge is 2.30. The molecule has 5 nitrogen and oxygen atoms in total. The van der Waals surface area contributed by atoms with E-state index in [1.807, 2.05) is 0 Å². The van der Waals surface area contributed by atoms with Crippen molar-refractivity contribution in [3.63, 3.8) is 0 Å². The quantitative estimate of drug-likeness (QED) is 0.495. The molecule has 0 amide bonds. The first-order valence-electron chi connectivity index (χ1n) is 7.07. The molecule has 0 unspecified atom stereocenters. The number of para-hydroxylation sites is 1. The number of hydrogen-bond acceptors (Lipinski definition) is 5. The summed E-state index contributed by atoms with van der Waals surface area (Å²) in [5.74, 6) is 0. The Kier molecular flexibility index (Phi) is 4.49. The average Bonchev–Trinajstić information content (AvgIpc) is 3.03. The van der Waals surface area contributed by atoms with E-state index in [2.05, 4.69) is 10.2 Å². The van der Waals surface area contributed by atoms with Crippen LogP contribution in [-0.4, -0.2) is 15.1 Å². The summed E-state index contributed by atoms with van der Waals surface area (Å²) < 4.78 is 37.8. The molecule has 0 saturated carbocycles. The Labute approximate surface area is 143 Å². The first-order chi connectivity index (χ1) is 11.8. The molecule has 0 saturated heterocycles. The topological polar surface area (TPSA) is 68.9 Å². The van der Waals surface area contributed by atoms with Crippen LogP contribution in [0.3, 0.4) is 0 Å². The zero-order chi connectivity index (χ0) is 18.0. The monoisotopic (exact) mass is 365 g/mol. The highest BCUT2D eigenvalue weighted by Crippen LogP contribution is 2.32. The maximum atomic E-state index is 12.6. The van der Waals surface area contributed by atoms with Crippen molar-refractivity contribution < 1.29 is 18.1 Å². The molecular formula is C16H10F3N3O2S. The van der Waals surface area contributed by atoms with Crippen LogP contribution in [0.1, 0.15) is 16.1 Å². The SMILES string of the molecule is O=[N+]([O-])c1ccccc1Cc1nnc(-c2ccc(C(F)(F)F)cc2)s1. The molecule has 128 valence electrons. The van der Waals surface area contributed by atoms with Crippen LogP contribution in [0.25, 0.3) is 10.6 Å². The molecule has 3 rings (SSSR count). The fourth-order valence-electron chi connectivity index (χ4n) is 2.24. The van der Waals surface area contributed by atoms with Crippen molar-refractivity contribution in [3.8, 4) is 10.6 Å². The van der Waals surface area contributed by atoms with E-state index in [1.54, 1.807) is 18.2 Å². The molecule has 0 atom stereocenters. The third kappa shape index (κ3) is 3.82. The molecule has 25 heavy (non-hydrogen) atoms. The Hall–Kier alpha value is -2.81. The molecule has 0 aliphatic heterocycles. The van der Waals surface area contributed by atoms with Crippen molar-refractivity contribution in [3.05, 3.63) is 74.8 Å². The summed E-state index contributed by atoms with van der Waals surface area (Å²) in [6.07, 6.45) is -4.16. The van der Waals surface area contributed by atoms with E-state index in [4.69, 9.17) is 0 Å². The van der Waals surface area contributed by atoms with E-state index in [-0.39, 0.29) is 12.1 Å². The number of nitro groups is 1. The first kappa shape index (κ1) is 17.0. The minimum atomic E-state index is -4.39. The van der Waals surface area contributed by atoms with Crippen LogP contribution in [0.15, 0.2) is 48.5 Å². The lowest BCUT2D eigenvalue weighted by Crippen LogP contribution is -2.03. The number of rotatable bonds is 4. The molecule has 3 aromatic rings. The van der Waals surface area contributed by atoms with E-state index in [0.29, 0.717) is 21.1 Å². The van der Waals surface area contributed by atoms with Crippen LogP contribution < -0.4 is 0 Å². The van der Waals surface area contributed by atoms with E-state index in [0.717, 1.165) is 12.1 Å². The van der Waals surface area contributed by atoms with Gasteiger partial charge in [-0.15, -0.1) is 10.2 Å². The standard InChI is InChI=1S/C16H10F3N3O2S/c17-16(18,19)12-7-5-10(6-8-12)15-21-20-14(25-15)9-11-3-1-2-4-13(11)22(23)24/h1-8H,9H2. The minimum Gasteiger partial charge on any atom is -0.258 e. The van der Waals surface area contributed by atoms with Crippen LogP contribution in [0.2, 0.25) is 0 Å². The smallest absolute Gasteiger partial charge is 0.258 e. The second-order valence-corrected chi connectivity index (χ2v) is 6.20. The highest BCUT2D eigenvalue weighted by atomic mass is 32.1. The van der Waals surface area contributed by atoms with Gasteiger partial charge in [0.2, 0.25) is 0 Å². The lowest BCUT2D eigenvalue weighted by atomic mass is 10.1. The van der Waals surface area contributed by atoms with E-state index < -0.39 is 16.7 Å². The predicted octanol–water partition coefficient (Wildman–Crippen LogP) is 4.72. The van der Waals surface area contributed by atoms with Crippen molar-refractivity contribution in [2.75, 3.05) is 0 Å². The van der Waals surface area contributed by atoms with Crippen LogP contribution in [0, 0.1) is 10.1 Å². The van der Waals surface area contributed by atoms with Crippen LogP contribution >= 0.6 is 11.3 Å². The molecule has 1 aromatic heterocycles. The van der Waals surface area contributed by atoms with Gasteiger partial charge in [-0.1, -0.05) is 41.7 Å². The van der Waals surface area contributed by atoms with E-state index in [9.17, 15) is 23.3 Å². The van der Waals surface area contributed by atoms with Crippen LogP contribution in [0.5, 0.6) is 0 Å². The molecule has 1 heterocycles. The second kappa shape index (κ2) is 6.60. The number of nitrogens with zero attached hydrogens (tertiary/aromatic N) is 3. The van der Waals surface area contributed by atoms with Gasteiger partial charge in [0.25, 0.3) is 5.69 Å². The van der Waals surface area contributed by atoms with Crippen LogP contribution in [0.4, 0.5) is 18.9 Å². The zero-order valence-electron chi connectivity index (χ0n) is 12.5. The summed E-state index contributed by atoms with van der Waals surface area (Å²) in [7, 11) is 0. The zero-order valence-corrected chi connectivity index (χ0v) is 13.3. The molecule has 0 bridgehead atoms. The maximum Gasteiger partial charge on any atom is 0.416 e. The largest absolute Gasteiger partial charge is 0.416 e. The van der Waals surface area contributed by atoms with Crippen molar-refractivity contribution >= 4 is 17.0 Å². The van der Waals surface area contributed by atoms with E-state index >= 15 is 0 Å². The molecule has 9 heteroatoms. The summed E-state index contributed by atoms with van der Waals surface area (Å²) in [4.78, 5) is 10.6. The molecule has 0 spiro atoms. The first-order valence-corrected chi connectivity index (χ1v) is 7.88. The number of halogens is 3. The molecular weight excluding hydrogens is 355 g/mol. The van der Waals surface area contributed by atoms with Crippen molar-refractivity contribution in [2.45, 2.75) is 12.6 Å². The van der Waals surface area contributed by atoms with Gasteiger partial charge >= 0.3 is 6.18 Å². The minimum absolute atomic E-state index is 0.00576. The van der Waals surface area contributed by atoms with Gasteiger partial charge < -0.3 is 0 Å². The number of nitro benzene ring substituents is 1. The number of benzene rings is 2. The lowest BCUT2D eigenvalue weighted by Gasteiger charge is -2.06. The predicted molar refractivity (Wildman–Crippen MR) is 86.2 cm³/mol. The van der Waals surface area contributed by atoms with Crippen molar-refractivity contribution in [2.24, 2.45) is 0 Å². The second-order valence-electron chi connectivity index (χ2n) is 5.14. The highest BCUT2D eigenvalue weighted by molar-refractivity contribution is 7.14. The number of hydrogen-bond donors (Lipinski definition) is 0. The van der Waals surface area contributed by atoms with Gasteiger partial charge in [-0.3, -0.25) is 10.1 Å². The fourth-order valence-corrected chi connectivity index (χ4v) is 3.11. The lowest BCUT2D eigenvalue weighted by molar-refractivity contribution is -0.385. The molecule has 2 aromatic carbocycles. The normalized spacial score (nSPS) is 11.5. The third-order valence-corrected chi connectivity index (χ3v) is 4.43. The molecule has 0 radical (unpaired) electrons. The molecule has 0 aliphatic rings. The third-order valence-electron chi connectivity index (χ3n) is 3.46. The summed E-state index contributed by atoms with van der Waals surface area (Å²) in [5, 5.41) is 20.0. The van der Waals surface area contributed by atoms with Gasteiger partial charge in [-0.2, -0.15) is 13.2 Å². The average molecular weight is 365 g/mol. The summed E-state index contributed by atoms with van der Waals surface area (Å²) >= 11 is 1.19. The Bertz CT molecular complexity index is 907. The number of aromatic nitrogens is 2. The van der Waals surface area contributed by atoms with Gasteiger partial charge in [0.1, 0.15) is 10.0 Å². The van der Waals surface area contributed by atoms with Gasteiger partial charge in [0.05, 0.1) is 10.5 Å². The Morgan fingerprint density at radius 2 is 1.72 bits per heavy atom. The summed E-state index contributed by atoms with van der Waals surface area (Å²) in [5.41, 5.74) is 0.275. The molecule has 0 fully saturated rings. The summed E-state index contributed by atoms with van der Waals surface area (Å²) in [6.45, 7) is 0. The summed E-state index contributed by atoms with van der Waals surface area (Å²) in [6, 6.07) is 11.0. The van der Waals surface area contributed by atoms with Gasteiger partial charge in [-0.05, 0) is 12.1 Å². The van der Waals surface area contributed by atoms with Crippen molar-refractivity contribution in [1.29, 1.82) is 0 Å². The molecule has 0 N–H and O–H groups in total. The molecule has 0 aliphatic carbocycles. The Morgan fingerprint density at radius 3 is 2.36 bits per heavy atom. The Balaban J connectivity index is 1.83.